The first-order valence-electron chi connectivity index (χ1n) is 3.42. The monoisotopic (exact) mass is 231 g/mol. The molecule has 2 N–H and O–H groups in total. The Balaban J connectivity index is 5.04. The lowest BCUT2D eigenvalue weighted by molar-refractivity contribution is -0.268. The third kappa shape index (κ3) is 2.72. The largest absolute Gasteiger partial charge is 0.465 e. The number of aliphatic hydroxyl groups is 1. The minimum atomic E-state index is -5.42. The van der Waals surface area contributed by atoms with E-state index in [2.05, 4.69) is 9.47 Å². The second kappa shape index (κ2) is 4.34. The smallest absolute Gasteiger partial charge is 0.448 e. The van der Waals surface area contributed by atoms with Gasteiger partial charge in [-0.1, -0.05) is 0 Å². The fraction of sp³-hybridized carbons (Fsp3) is 0.667. The van der Waals surface area contributed by atoms with Crippen molar-refractivity contribution in [3.05, 3.63) is 0 Å². The normalized spacial score (nSPS) is 15.1. The van der Waals surface area contributed by atoms with E-state index >= 15 is 0 Å². The molecule has 0 aromatic carbocycles. The minimum Gasteiger partial charge on any atom is -0.465 e. The minimum absolute atomic E-state index is 0.623. The molecule has 9 heteroatoms. The Hall–Kier alpha value is -1.51. The van der Waals surface area contributed by atoms with Crippen LogP contribution >= 0.6 is 0 Å². The topological polar surface area (TPSA) is 84.9 Å². The van der Waals surface area contributed by atoms with E-state index in [1.165, 1.54) is 0 Å². The van der Waals surface area contributed by atoms with Gasteiger partial charge in [0.05, 0.1) is 14.2 Å². The molecule has 0 spiro atoms. The summed E-state index contributed by atoms with van der Waals surface area (Å²) in [4.78, 5) is 21.2. The van der Waals surface area contributed by atoms with Gasteiger partial charge in [-0.05, 0) is 0 Å². The van der Waals surface area contributed by atoms with Gasteiger partial charge in [0.15, 0.2) is 0 Å². The molecule has 6 nitrogen and oxygen atoms in total. The molecule has 0 bridgehead atoms. The Morgan fingerprint density at radius 1 is 1.20 bits per heavy atom. The Labute approximate surface area is 82.0 Å². The molecular formula is C6H8F3NO5. The quantitative estimate of drug-likeness (QED) is 0.506. The van der Waals surface area contributed by atoms with Crippen molar-refractivity contribution in [2.24, 2.45) is 0 Å². The molecule has 88 valence electrons. The number of halogens is 3. The van der Waals surface area contributed by atoms with Gasteiger partial charge in [-0.25, -0.2) is 9.59 Å². The Bertz CT molecular complexity index is 266. The number of rotatable bonds is 2. The Morgan fingerprint density at radius 2 is 1.67 bits per heavy atom. The number of hydrogen-bond acceptors (Lipinski definition) is 5. The fourth-order valence-electron chi connectivity index (χ4n) is 0.584. The maximum atomic E-state index is 12.2. The molecule has 0 fully saturated rings. The second-order valence-electron chi connectivity index (χ2n) is 2.32. The van der Waals surface area contributed by atoms with Crippen LogP contribution in [0, 0.1) is 0 Å². The van der Waals surface area contributed by atoms with Crippen LogP contribution in [-0.4, -0.2) is 43.3 Å². The van der Waals surface area contributed by atoms with Crippen molar-refractivity contribution in [1.29, 1.82) is 0 Å². The lowest BCUT2D eigenvalue weighted by Gasteiger charge is -2.27. The highest BCUT2D eigenvalue weighted by Gasteiger charge is 2.62. The molecule has 0 heterocycles. The first-order chi connectivity index (χ1) is 6.69. The molecule has 0 aromatic heterocycles. The molecule has 0 aliphatic heterocycles. The van der Waals surface area contributed by atoms with Crippen LogP contribution in [0.4, 0.5) is 18.0 Å². The molecule has 0 aromatic rings. The molecule has 0 saturated carbocycles. The molecule has 0 aliphatic carbocycles. The zero-order chi connectivity index (χ0) is 12.3. The van der Waals surface area contributed by atoms with Crippen molar-refractivity contribution >= 4 is 12.1 Å². The fourth-order valence-corrected chi connectivity index (χ4v) is 0.584. The number of methoxy groups -OCH3 is 2. The van der Waals surface area contributed by atoms with E-state index in [9.17, 15) is 22.8 Å². The summed E-state index contributed by atoms with van der Waals surface area (Å²) in [5.74, 6) is -2.07. The van der Waals surface area contributed by atoms with Crippen LogP contribution in [0.25, 0.3) is 0 Å². The van der Waals surface area contributed by atoms with E-state index in [1.54, 1.807) is 0 Å². The predicted molar refractivity (Wildman–Crippen MR) is 38.6 cm³/mol. The predicted octanol–water partition coefficient (Wildman–Crippen LogP) is -0.234. The van der Waals surface area contributed by atoms with Gasteiger partial charge in [0.2, 0.25) is 0 Å². The van der Waals surface area contributed by atoms with Gasteiger partial charge in [0.25, 0.3) is 0 Å². The van der Waals surface area contributed by atoms with Gasteiger partial charge in [-0.15, -0.1) is 0 Å². The summed E-state index contributed by atoms with van der Waals surface area (Å²) in [7, 11) is 1.39. The highest BCUT2D eigenvalue weighted by atomic mass is 19.4. The molecule has 0 radical (unpaired) electrons. The van der Waals surface area contributed by atoms with Crippen LogP contribution < -0.4 is 5.32 Å². The highest BCUT2D eigenvalue weighted by Crippen LogP contribution is 2.29. The van der Waals surface area contributed by atoms with Crippen LogP contribution in [0.5, 0.6) is 0 Å². The SMILES string of the molecule is COC(=O)NC(O)(C(=O)OC)C(F)(F)F. The van der Waals surface area contributed by atoms with Gasteiger partial charge in [0.1, 0.15) is 0 Å². The maximum Gasteiger partial charge on any atom is 0.448 e. The molecule has 1 amide bonds. The summed E-state index contributed by atoms with van der Waals surface area (Å²) >= 11 is 0. The lowest BCUT2D eigenvalue weighted by atomic mass is 10.2. The van der Waals surface area contributed by atoms with Crippen LogP contribution in [-0.2, 0) is 14.3 Å². The summed E-state index contributed by atoms with van der Waals surface area (Å²) in [5, 5.41) is 9.83. The average Bonchev–Trinajstić information content (AvgIpc) is 2.14. The van der Waals surface area contributed by atoms with Crippen LogP contribution in [0.2, 0.25) is 0 Å². The molecule has 1 atom stereocenters. The van der Waals surface area contributed by atoms with Gasteiger partial charge in [-0.3, -0.25) is 5.32 Å². The van der Waals surface area contributed by atoms with Crippen molar-refractivity contribution < 1.29 is 37.3 Å². The zero-order valence-electron chi connectivity index (χ0n) is 7.71. The Morgan fingerprint density at radius 3 is 1.93 bits per heavy atom. The summed E-state index contributed by atoms with van der Waals surface area (Å²) in [6.45, 7) is 0. The standard InChI is InChI=1S/C6H8F3NO5/c1-14-3(11)5(13,6(7,8)9)10-4(12)15-2/h13H,1-2H3,(H,10,12). The number of alkyl halides is 3. The third-order valence-corrected chi connectivity index (χ3v) is 1.36. The number of carbonyl (C=O) groups is 2. The second-order valence-corrected chi connectivity index (χ2v) is 2.32. The van der Waals surface area contributed by atoms with Gasteiger partial charge >= 0.3 is 24.0 Å². The average molecular weight is 231 g/mol. The Kier molecular flexibility index (Phi) is 3.90. The highest BCUT2D eigenvalue weighted by molar-refractivity contribution is 5.84. The molecule has 15 heavy (non-hydrogen) atoms. The number of amides is 1. The first kappa shape index (κ1) is 13.5. The summed E-state index contributed by atoms with van der Waals surface area (Å²) in [6, 6.07) is 0. The number of esters is 1. The molecular weight excluding hydrogens is 223 g/mol. The molecule has 0 rings (SSSR count). The van der Waals surface area contributed by atoms with E-state index in [-0.39, 0.29) is 0 Å². The van der Waals surface area contributed by atoms with E-state index in [4.69, 9.17) is 5.11 Å². The van der Waals surface area contributed by atoms with Gasteiger partial charge in [0, 0.05) is 0 Å². The number of hydrogen-bond donors (Lipinski definition) is 2. The zero-order valence-corrected chi connectivity index (χ0v) is 7.71. The van der Waals surface area contributed by atoms with Gasteiger partial charge in [-0.2, -0.15) is 13.2 Å². The number of carbonyl (C=O) groups excluding carboxylic acids is 2. The summed E-state index contributed by atoms with van der Waals surface area (Å²) in [6.07, 6.45) is -7.05. The van der Waals surface area contributed by atoms with Crippen LogP contribution in [0.3, 0.4) is 0 Å². The first-order valence-corrected chi connectivity index (χ1v) is 3.42. The van der Waals surface area contributed by atoms with Crippen molar-refractivity contribution in [3.8, 4) is 0 Å². The number of alkyl carbamates (subject to hydrolysis) is 1. The van der Waals surface area contributed by atoms with Gasteiger partial charge < -0.3 is 14.6 Å². The number of nitrogens with one attached hydrogen (secondary N) is 1. The van der Waals surface area contributed by atoms with E-state index in [1.807, 2.05) is 0 Å². The number of ether oxygens (including phenoxy) is 2. The maximum absolute atomic E-state index is 12.2. The lowest BCUT2D eigenvalue weighted by Crippen LogP contribution is -2.64. The molecule has 0 aliphatic rings. The van der Waals surface area contributed by atoms with E-state index in [0.717, 1.165) is 12.4 Å². The van der Waals surface area contributed by atoms with Crippen molar-refractivity contribution in [2.75, 3.05) is 14.2 Å². The van der Waals surface area contributed by atoms with Crippen LogP contribution in [0.15, 0.2) is 0 Å². The van der Waals surface area contributed by atoms with E-state index < -0.39 is 24.0 Å². The third-order valence-electron chi connectivity index (χ3n) is 1.36. The van der Waals surface area contributed by atoms with Crippen molar-refractivity contribution in [3.63, 3.8) is 0 Å². The van der Waals surface area contributed by atoms with E-state index in [0.29, 0.717) is 7.11 Å². The van der Waals surface area contributed by atoms with Crippen molar-refractivity contribution in [2.45, 2.75) is 11.9 Å². The summed E-state index contributed by atoms with van der Waals surface area (Å²) in [5.41, 5.74) is -4.12. The summed E-state index contributed by atoms with van der Waals surface area (Å²) < 4.78 is 44.2. The molecule has 1 unspecified atom stereocenters. The van der Waals surface area contributed by atoms with Crippen LogP contribution in [0.1, 0.15) is 0 Å². The van der Waals surface area contributed by atoms with Crippen molar-refractivity contribution in [1.82, 2.24) is 5.32 Å². The molecule has 0 saturated heterocycles.